The average molecular weight is 290 g/mol. The van der Waals surface area contributed by atoms with Gasteiger partial charge in [0.15, 0.2) is 5.69 Å². The van der Waals surface area contributed by atoms with E-state index in [1.165, 1.54) is 16.9 Å². The average Bonchev–Trinajstić information content (AvgIpc) is 3.08. The quantitative estimate of drug-likeness (QED) is 0.898. The van der Waals surface area contributed by atoms with Crippen molar-refractivity contribution in [1.29, 1.82) is 0 Å². The molecule has 0 fully saturated rings. The first-order valence-electron chi connectivity index (χ1n) is 6.43. The van der Waals surface area contributed by atoms with Crippen LogP contribution in [-0.2, 0) is 12.8 Å². The SMILES string of the molecule is CC(Nc1ncnc2c1CCC2)c1nc(C(=O)O)cs1. The molecule has 0 radical (unpaired) electrons. The van der Waals surface area contributed by atoms with Gasteiger partial charge >= 0.3 is 5.97 Å². The molecule has 104 valence electrons. The molecule has 1 aliphatic carbocycles. The van der Waals surface area contributed by atoms with E-state index >= 15 is 0 Å². The molecule has 1 atom stereocenters. The van der Waals surface area contributed by atoms with Gasteiger partial charge in [-0.1, -0.05) is 0 Å². The van der Waals surface area contributed by atoms with Gasteiger partial charge in [-0.05, 0) is 26.2 Å². The zero-order valence-electron chi connectivity index (χ0n) is 11.0. The van der Waals surface area contributed by atoms with E-state index in [1.807, 2.05) is 6.92 Å². The van der Waals surface area contributed by atoms with E-state index in [4.69, 9.17) is 5.11 Å². The Morgan fingerprint density at radius 1 is 1.45 bits per heavy atom. The lowest BCUT2D eigenvalue weighted by molar-refractivity contribution is 0.0691. The van der Waals surface area contributed by atoms with Gasteiger partial charge in [0.2, 0.25) is 0 Å². The third-order valence-corrected chi connectivity index (χ3v) is 4.37. The summed E-state index contributed by atoms with van der Waals surface area (Å²) >= 11 is 1.34. The number of carboxylic acids is 1. The van der Waals surface area contributed by atoms with E-state index in [9.17, 15) is 4.79 Å². The smallest absolute Gasteiger partial charge is 0.355 e. The van der Waals surface area contributed by atoms with Crippen LogP contribution < -0.4 is 5.32 Å². The zero-order chi connectivity index (χ0) is 14.1. The first kappa shape index (κ1) is 13.0. The van der Waals surface area contributed by atoms with Crippen molar-refractivity contribution in [3.8, 4) is 0 Å². The van der Waals surface area contributed by atoms with Crippen LogP contribution in [0.4, 0.5) is 5.82 Å². The fourth-order valence-electron chi connectivity index (χ4n) is 2.34. The van der Waals surface area contributed by atoms with Crippen molar-refractivity contribution in [2.45, 2.75) is 32.2 Å². The molecule has 0 aliphatic heterocycles. The maximum Gasteiger partial charge on any atom is 0.355 e. The van der Waals surface area contributed by atoms with Crippen molar-refractivity contribution in [2.24, 2.45) is 0 Å². The molecule has 0 saturated carbocycles. The monoisotopic (exact) mass is 290 g/mol. The maximum absolute atomic E-state index is 10.9. The largest absolute Gasteiger partial charge is 0.476 e. The Hall–Kier alpha value is -2.02. The molecular weight excluding hydrogens is 276 g/mol. The first-order valence-corrected chi connectivity index (χ1v) is 7.31. The molecule has 0 spiro atoms. The summed E-state index contributed by atoms with van der Waals surface area (Å²) in [5, 5.41) is 14.5. The van der Waals surface area contributed by atoms with E-state index in [1.54, 1.807) is 11.7 Å². The second-order valence-corrected chi connectivity index (χ2v) is 5.63. The summed E-state index contributed by atoms with van der Waals surface area (Å²) in [6.07, 6.45) is 4.67. The van der Waals surface area contributed by atoms with Crippen molar-refractivity contribution in [1.82, 2.24) is 15.0 Å². The Bertz CT molecular complexity index is 656. The minimum Gasteiger partial charge on any atom is -0.476 e. The molecule has 6 nitrogen and oxygen atoms in total. The van der Waals surface area contributed by atoms with Gasteiger partial charge in [-0.15, -0.1) is 11.3 Å². The summed E-state index contributed by atoms with van der Waals surface area (Å²) in [7, 11) is 0. The van der Waals surface area contributed by atoms with E-state index in [-0.39, 0.29) is 11.7 Å². The van der Waals surface area contributed by atoms with Gasteiger partial charge in [0.1, 0.15) is 17.2 Å². The number of nitrogens with one attached hydrogen (secondary N) is 1. The molecule has 0 aromatic carbocycles. The Morgan fingerprint density at radius 3 is 3.05 bits per heavy atom. The molecule has 0 bridgehead atoms. The molecule has 3 rings (SSSR count). The summed E-state index contributed by atoms with van der Waals surface area (Å²) < 4.78 is 0. The number of nitrogens with zero attached hydrogens (tertiary/aromatic N) is 3. The molecule has 2 aromatic heterocycles. The number of fused-ring (bicyclic) bond motifs is 1. The molecule has 2 heterocycles. The standard InChI is InChI=1S/C13H14N4O2S/c1-7(12-17-10(5-20-12)13(18)19)16-11-8-3-2-4-9(8)14-6-15-11/h5-7H,2-4H2,1H3,(H,18,19)(H,14,15,16). The number of thiazole rings is 1. The number of hydrogen-bond acceptors (Lipinski definition) is 6. The number of carbonyl (C=O) groups is 1. The van der Waals surface area contributed by atoms with Crippen molar-refractivity contribution in [2.75, 3.05) is 5.32 Å². The molecule has 20 heavy (non-hydrogen) atoms. The molecule has 0 amide bonds. The van der Waals surface area contributed by atoms with Gasteiger partial charge in [-0.2, -0.15) is 0 Å². The predicted molar refractivity (Wildman–Crippen MR) is 75.2 cm³/mol. The van der Waals surface area contributed by atoms with Crippen LogP contribution in [0.2, 0.25) is 0 Å². The fourth-order valence-corrected chi connectivity index (χ4v) is 3.14. The van der Waals surface area contributed by atoms with E-state index in [0.717, 1.165) is 35.8 Å². The lowest BCUT2D eigenvalue weighted by atomic mass is 10.2. The van der Waals surface area contributed by atoms with E-state index in [0.29, 0.717) is 0 Å². The van der Waals surface area contributed by atoms with E-state index < -0.39 is 5.97 Å². The molecule has 7 heteroatoms. The van der Waals surface area contributed by atoms with Crippen LogP contribution in [0.5, 0.6) is 0 Å². The van der Waals surface area contributed by atoms with Crippen molar-refractivity contribution in [3.05, 3.63) is 33.7 Å². The van der Waals surface area contributed by atoms with Gasteiger partial charge in [-0.25, -0.2) is 19.7 Å². The minimum absolute atomic E-state index is 0.0762. The number of aromatic nitrogens is 3. The maximum atomic E-state index is 10.9. The Balaban J connectivity index is 1.80. The number of aryl methyl sites for hydroxylation is 1. The van der Waals surface area contributed by atoms with Gasteiger partial charge in [0, 0.05) is 16.6 Å². The van der Waals surface area contributed by atoms with Crippen LogP contribution >= 0.6 is 11.3 Å². The topological polar surface area (TPSA) is 88.0 Å². The number of aromatic carboxylic acids is 1. The van der Waals surface area contributed by atoms with Crippen LogP contribution in [0.25, 0.3) is 0 Å². The highest BCUT2D eigenvalue weighted by atomic mass is 32.1. The molecular formula is C13H14N4O2S. The van der Waals surface area contributed by atoms with Gasteiger partial charge in [-0.3, -0.25) is 0 Å². The van der Waals surface area contributed by atoms with Crippen LogP contribution in [0.15, 0.2) is 11.7 Å². The Kier molecular flexibility index (Phi) is 3.35. The lowest BCUT2D eigenvalue weighted by Gasteiger charge is -2.14. The van der Waals surface area contributed by atoms with Gasteiger partial charge < -0.3 is 10.4 Å². The van der Waals surface area contributed by atoms with Crippen molar-refractivity contribution >= 4 is 23.1 Å². The summed E-state index contributed by atoms with van der Waals surface area (Å²) in [6.45, 7) is 1.95. The number of rotatable bonds is 4. The van der Waals surface area contributed by atoms with Crippen LogP contribution in [0.3, 0.4) is 0 Å². The van der Waals surface area contributed by atoms with Crippen LogP contribution in [0, 0.1) is 0 Å². The highest BCUT2D eigenvalue weighted by molar-refractivity contribution is 7.09. The molecule has 1 aliphatic rings. The first-order chi connectivity index (χ1) is 9.65. The van der Waals surface area contributed by atoms with Crippen molar-refractivity contribution in [3.63, 3.8) is 0 Å². The summed E-state index contributed by atoms with van der Waals surface area (Å²) in [5.74, 6) is -0.158. The third-order valence-electron chi connectivity index (χ3n) is 3.34. The molecule has 2 aromatic rings. The molecule has 1 unspecified atom stereocenters. The summed E-state index contributed by atoms with van der Waals surface area (Å²) in [5.41, 5.74) is 2.38. The number of hydrogen-bond donors (Lipinski definition) is 2. The summed E-state index contributed by atoms with van der Waals surface area (Å²) in [4.78, 5) is 23.5. The Labute approximate surface area is 119 Å². The zero-order valence-corrected chi connectivity index (χ0v) is 11.8. The third kappa shape index (κ3) is 2.36. The highest BCUT2D eigenvalue weighted by Crippen LogP contribution is 2.28. The van der Waals surface area contributed by atoms with Gasteiger partial charge in [0.25, 0.3) is 0 Å². The number of anilines is 1. The lowest BCUT2D eigenvalue weighted by Crippen LogP contribution is -2.11. The molecule has 2 N–H and O–H groups in total. The minimum atomic E-state index is -0.998. The highest BCUT2D eigenvalue weighted by Gasteiger charge is 2.20. The van der Waals surface area contributed by atoms with Crippen LogP contribution in [0.1, 0.15) is 46.1 Å². The van der Waals surface area contributed by atoms with Crippen molar-refractivity contribution < 1.29 is 9.90 Å². The second kappa shape index (κ2) is 5.16. The number of carboxylic acid groups (broad SMARTS) is 1. The summed E-state index contributed by atoms with van der Waals surface area (Å²) in [6, 6.07) is -0.0762. The normalized spacial score (nSPS) is 14.8. The van der Waals surface area contributed by atoms with E-state index in [2.05, 4.69) is 20.3 Å². The molecule has 0 saturated heterocycles. The van der Waals surface area contributed by atoms with Gasteiger partial charge in [0.05, 0.1) is 6.04 Å². The van der Waals surface area contributed by atoms with Crippen LogP contribution in [-0.4, -0.2) is 26.0 Å². The predicted octanol–water partition coefficient (Wildman–Crippen LogP) is 2.29. The Morgan fingerprint density at radius 2 is 2.30 bits per heavy atom. The second-order valence-electron chi connectivity index (χ2n) is 4.74. The fraction of sp³-hybridized carbons (Fsp3) is 0.385.